The van der Waals surface area contributed by atoms with E-state index in [4.69, 9.17) is 0 Å². The molecule has 0 aromatic heterocycles. The molecule has 1 heterocycles. The fourth-order valence-electron chi connectivity index (χ4n) is 3.42. The number of carbonyl (C=O) groups excluding carboxylic acids is 3. The highest BCUT2D eigenvalue weighted by Crippen LogP contribution is 2.30. The van der Waals surface area contributed by atoms with Crippen LogP contribution in [0.25, 0.3) is 0 Å². The number of likely N-dealkylation sites (N-methyl/N-ethyl adjacent to an activating group) is 1. The van der Waals surface area contributed by atoms with Crippen LogP contribution >= 0.6 is 15.9 Å². The van der Waals surface area contributed by atoms with Crippen molar-refractivity contribution in [1.29, 1.82) is 0 Å². The van der Waals surface area contributed by atoms with Gasteiger partial charge < -0.3 is 10.2 Å². The van der Waals surface area contributed by atoms with Gasteiger partial charge in [-0.05, 0) is 36.8 Å². The van der Waals surface area contributed by atoms with E-state index < -0.39 is 27.9 Å². The van der Waals surface area contributed by atoms with Crippen LogP contribution in [-0.4, -0.2) is 55.0 Å². The smallest absolute Gasteiger partial charge is 0.269 e. The number of halogens is 1. The summed E-state index contributed by atoms with van der Waals surface area (Å²) in [7, 11) is -2.52. The zero-order valence-corrected chi connectivity index (χ0v) is 19.4. The minimum Gasteiger partial charge on any atom is -0.357 e. The van der Waals surface area contributed by atoms with Crippen LogP contribution in [0.2, 0.25) is 0 Å². The van der Waals surface area contributed by atoms with Crippen LogP contribution in [0.3, 0.4) is 0 Å². The molecule has 1 N–H and O–H groups in total. The van der Waals surface area contributed by atoms with E-state index >= 15 is 0 Å². The maximum atomic E-state index is 13.0. The van der Waals surface area contributed by atoms with Gasteiger partial charge in [-0.15, -0.1) is 0 Å². The summed E-state index contributed by atoms with van der Waals surface area (Å²) in [6.07, 6.45) is -0.242. The molecule has 164 valence electrons. The van der Waals surface area contributed by atoms with E-state index in [1.165, 1.54) is 24.1 Å². The lowest BCUT2D eigenvalue weighted by molar-refractivity contribution is -0.140. The van der Waals surface area contributed by atoms with Gasteiger partial charge in [0.25, 0.3) is 15.9 Å². The van der Waals surface area contributed by atoms with E-state index in [1.807, 2.05) is 24.3 Å². The molecule has 0 spiro atoms. The first-order valence-corrected chi connectivity index (χ1v) is 11.8. The van der Waals surface area contributed by atoms with Crippen molar-refractivity contribution in [2.24, 2.45) is 0 Å². The lowest BCUT2D eigenvalue weighted by Crippen LogP contribution is -2.47. The van der Waals surface area contributed by atoms with E-state index in [0.29, 0.717) is 0 Å². The van der Waals surface area contributed by atoms with Gasteiger partial charge in [-0.1, -0.05) is 40.2 Å². The third-order valence-corrected chi connectivity index (χ3v) is 7.43. The number of benzene rings is 2. The molecule has 8 nitrogen and oxygen atoms in total. The molecular formula is C21H22BrN3O5S. The largest absolute Gasteiger partial charge is 0.357 e. The highest BCUT2D eigenvalue weighted by atomic mass is 79.9. The summed E-state index contributed by atoms with van der Waals surface area (Å²) < 4.78 is 27.0. The van der Waals surface area contributed by atoms with Crippen molar-refractivity contribution in [2.45, 2.75) is 30.8 Å². The maximum absolute atomic E-state index is 13.0. The summed E-state index contributed by atoms with van der Waals surface area (Å²) >= 11 is 3.38. The van der Waals surface area contributed by atoms with Crippen LogP contribution in [0.5, 0.6) is 0 Å². The lowest BCUT2D eigenvalue weighted by atomic mass is 10.1. The van der Waals surface area contributed by atoms with Gasteiger partial charge in [0.15, 0.2) is 0 Å². The summed E-state index contributed by atoms with van der Waals surface area (Å²) in [6, 6.07) is 12.5. The van der Waals surface area contributed by atoms with Gasteiger partial charge in [-0.25, -0.2) is 12.7 Å². The number of carbonyl (C=O) groups is 3. The minimum atomic E-state index is -4.00. The van der Waals surface area contributed by atoms with Crippen molar-refractivity contribution in [2.75, 3.05) is 13.6 Å². The normalized spacial score (nSPS) is 15.3. The number of nitrogens with one attached hydrogen (secondary N) is 1. The fraction of sp³-hybridized carbons (Fsp3) is 0.286. The zero-order valence-electron chi connectivity index (χ0n) is 17.0. The number of amides is 3. The van der Waals surface area contributed by atoms with Crippen molar-refractivity contribution < 1.29 is 22.8 Å². The van der Waals surface area contributed by atoms with Gasteiger partial charge in [-0.2, -0.15) is 0 Å². The highest BCUT2D eigenvalue weighted by molar-refractivity contribution is 9.10. The Bertz CT molecular complexity index is 1140. The van der Waals surface area contributed by atoms with Crippen molar-refractivity contribution in [3.8, 4) is 0 Å². The van der Waals surface area contributed by atoms with Crippen LogP contribution in [0, 0.1) is 0 Å². The Morgan fingerprint density at radius 1 is 1.16 bits per heavy atom. The third kappa shape index (κ3) is 4.64. The van der Waals surface area contributed by atoms with Crippen LogP contribution in [-0.2, 0) is 26.2 Å². The molecule has 0 saturated heterocycles. The molecule has 1 aliphatic rings. The van der Waals surface area contributed by atoms with E-state index in [1.54, 1.807) is 19.1 Å². The molecule has 1 aliphatic heterocycles. The van der Waals surface area contributed by atoms with Gasteiger partial charge in [0.05, 0.1) is 5.56 Å². The Kier molecular flexibility index (Phi) is 6.80. The molecule has 1 atom stereocenters. The Balaban J connectivity index is 1.79. The average Bonchev–Trinajstić information content (AvgIpc) is 2.95. The predicted octanol–water partition coefficient (Wildman–Crippen LogP) is 2.15. The molecule has 0 aliphatic carbocycles. The molecule has 31 heavy (non-hydrogen) atoms. The number of sulfonamides is 1. The number of rotatable bonds is 7. The van der Waals surface area contributed by atoms with Gasteiger partial charge in [0, 0.05) is 31.0 Å². The Hall–Kier alpha value is -2.72. The van der Waals surface area contributed by atoms with E-state index in [-0.39, 0.29) is 35.9 Å². The van der Waals surface area contributed by atoms with Crippen molar-refractivity contribution in [1.82, 2.24) is 14.5 Å². The number of fused-ring (bicyclic) bond motifs is 1. The molecule has 0 fully saturated rings. The molecular weight excluding hydrogens is 486 g/mol. The van der Waals surface area contributed by atoms with E-state index in [0.717, 1.165) is 14.3 Å². The Labute approximate surface area is 189 Å². The van der Waals surface area contributed by atoms with Gasteiger partial charge >= 0.3 is 0 Å². The van der Waals surface area contributed by atoms with Crippen molar-refractivity contribution >= 4 is 43.7 Å². The monoisotopic (exact) mass is 507 g/mol. The van der Waals surface area contributed by atoms with Gasteiger partial charge in [0.2, 0.25) is 11.8 Å². The SMILES string of the molecule is CNC(=O)[C@H](C)N(Cc1cccc(Br)c1)C(=O)CCN1C(=O)c2ccccc2S1(=O)=O. The zero-order chi connectivity index (χ0) is 22.8. The van der Waals surface area contributed by atoms with Crippen LogP contribution in [0.15, 0.2) is 57.9 Å². The second-order valence-corrected chi connectivity index (χ2v) is 9.82. The number of hydrogen-bond donors (Lipinski definition) is 1. The summed E-state index contributed by atoms with van der Waals surface area (Å²) in [4.78, 5) is 39.1. The summed E-state index contributed by atoms with van der Waals surface area (Å²) in [5, 5.41) is 2.52. The average molecular weight is 508 g/mol. The molecule has 3 rings (SSSR count). The number of nitrogens with zero attached hydrogens (tertiary/aromatic N) is 2. The molecule has 0 radical (unpaired) electrons. The van der Waals surface area contributed by atoms with E-state index in [2.05, 4.69) is 21.2 Å². The highest BCUT2D eigenvalue weighted by Gasteiger charge is 2.41. The summed E-state index contributed by atoms with van der Waals surface area (Å²) in [6.45, 7) is 1.46. The van der Waals surface area contributed by atoms with E-state index in [9.17, 15) is 22.8 Å². The van der Waals surface area contributed by atoms with Crippen molar-refractivity contribution in [3.05, 3.63) is 64.1 Å². The Morgan fingerprint density at radius 2 is 1.87 bits per heavy atom. The topological polar surface area (TPSA) is 104 Å². The first kappa shape index (κ1) is 23.0. The fourth-order valence-corrected chi connectivity index (χ4v) is 5.43. The second-order valence-electron chi connectivity index (χ2n) is 7.07. The predicted molar refractivity (Wildman–Crippen MR) is 118 cm³/mol. The second kappa shape index (κ2) is 9.19. The molecule has 2 aromatic rings. The Morgan fingerprint density at radius 3 is 2.52 bits per heavy atom. The molecule has 0 bridgehead atoms. The third-order valence-electron chi connectivity index (χ3n) is 5.10. The van der Waals surface area contributed by atoms with Gasteiger partial charge in [0.1, 0.15) is 10.9 Å². The lowest BCUT2D eigenvalue weighted by Gasteiger charge is -2.29. The molecule has 0 unspecified atom stereocenters. The first-order valence-electron chi connectivity index (χ1n) is 9.58. The standard InChI is InChI=1S/C21H22BrN3O5S/c1-14(20(27)23-2)24(13-15-6-5-7-16(22)12-15)19(26)10-11-25-21(28)17-8-3-4-9-18(17)31(25,29)30/h3-9,12,14H,10-11,13H2,1-2H3,(H,23,27)/t14-/m0/s1. The molecule has 3 amide bonds. The molecule has 10 heteroatoms. The minimum absolute atomic E-state index is 0.0582. The molecule has 2 aromatic carbocycles. The first-order chi connectivity index (χ1) is 14.7. The van der Waals surface area contributed by atoms with Crippen molar-refractivity contribution in [3.63, 3.8) is 0 Å². The molecule has 0 saturated carbocycles. The van der Waals surface area contributed by atoms with Crippen LogP contribution in [0.4, 0.5) is 0 Å². The van der Waals surface area contributed by atoms with Crippen LogP contribution in [0.1, 0.15) is 29.3 Å². The number of hydrogen-bond acceptors (Lipinski definition) is 5. The van der Waals surface area contributed by atoms with Crippen LogP contribution < -0.4 is 5.32 Å². The summed E-state index contributed by atoms with van der Waals surface area (Å²) in [5.41, 5.74) is 0.899. The quantitative estimate of drug-likeness (QED) is 0.618. The maximum Gasteiger partial charge on any atom is 0.269 e. The summed E-state index contributed by atoms with van der Waals surface area (Å²) in [5.74, 6) is -1.43. The van der Waals surface area contributed by atoms with Gasteiger partial charge in [-0.3, -0.25) is 14.4 Å².